The second-order valence-electron chi connectivity index (χ2n) is 4.64. The number of hydrogen-bond acceptors (Lipinski definition) is 3. The van der Waals surface area contributed by atoms with Gasteiger partial charge in [0.25, 0.3) is 5.91 Å². The molecule has 0 radical (unpaired) electrons. The summed E-state index contributed by atoms with van der Waals surface area (Å²) in [6.45, 7) is 8.89. The third-order valence-electron chi connectivity index (χ3n) is 2.81. The largest absolute Gasteiger partial charge is 0.368 e. The number of halogens is 1. The van der Waals surface area contributed by atoms with Gasteiger partial charge in [0, 0.05) is 25.3 Å². The first kappa shape index (κ1) is 15.4. The zero-order valence-corrected chi connectivity index (χ0v) is 12.0. The van der Waals surface area contributed by atoms with Crippen LogP contribution in [-0.2, 0) is 0 Å². The SMILES string of the molecule is CCCN(C(=O)c1ccnc(NCC)c1F)C(C)C. The number of carbonyl (C=O) groups excluding carboxylic acids is 1. The summed E-state index contributed by atoms with van der Waals surface area (Å²) in [7, 11) is 0. The number of anilines is 1. The van der Waals surface area contributed by atoms with Gasteiger partial charge < -0.3 is 10.2 Å². The highest BCUT2D eigenvalue weighted by Crippen LogP contribution is 2.18. The average molecular weight is 267 g/mol. The summed E-state index contributed by atoms with van der Waals surface area (Å²) in [5.74, 6) is -0.722. The van der Waals surface area contributed by atoms with Gasteiger partial charge in [-0.05, 0) is 33.3 Å². The summed E-state index contributed by atoms with van der Waals surface area (Å²) >= 11 is 0. The minimum Gasteiger partial charge on any atom is -0.368 e. The fourth-order valence-corrected chi connectivity index (χ4v) is 1.89. The number of hydrogen-bond donors (Lipinski definition) is 1. The van der Waals surface area contributed by atoms with Crippen LogP contribution in [0, 0.1) is 5.82 Å². The molecule has 4 nitrogen and oxygen atoms in total. The summed E-state index contributed by atoms with van der Waals surface area (Å²) in [5, 5.41) is 2.81. The molecule has 19 heavy (non-hydrogen) atoms. The molecule has 1 amide bonds. The van der Waals surface area contributed by atoms with Crippen molar-refractivity contribution in [2.45, 2.75) is 40.2 Å². The minimum absolute atomic E-state index is 0.0441. The number of nitrogens with one attached hydrogen (secondary N) is 1. The average Bonchev–Trinajstić information content (AvgIpc) is 2.37. The van der Waals surface area contributed by atoms with Crippen molar-refractivity contribution < 1.29 is 9.18 Å². The summed E-state index contributed by atoms with van der Waals surface area (Å²) in [6.07, 6.45) is 2.30. The van der Waals surface area contributed by atoms with Crippen molar-refractivity contribution in [2.75, 3.05) is 18.4 Å². The van der Waals surface area contributed by atoms with E-state index in [9.17, 15) is 9.18 Å². The van der Waals surface area contributed by atoms with Crippen molar-refractivity contribution >= 4 is 11.7 Å². The summed E-state index contributed by atoms with van der Waals surface area (Å²) in [5.41, 5.74) is 0.0769. The number of carbonyl (C=O) groups is 1. The van der Waals surface area contributed by atoms with Crippen molar-refractivity contribution in [1.82, 2.24) is 9.88 Å². The second-order valence-corrected chi connectivity index (χ2v) is 4.64. The molecule has 1 aromatic rings. The third-order valence-corrected chi connectivity index (χ3v) is 2.81. The summed E-state index contributed by atoms with van der Waals surface area (Å²) < 4.78 is 14.2. The molecule has 0 aliphatic heterocycles. The Morgan fingerprint density at radius 1 is 1.47 bits per heavy atom. The number of aromatic nitrogens is 1. The van der Waals surface area contributed by atoms with Crippen molar-refractivity contribution in [1.29, 1.82) is 0 Å². The van der Waals surface area contributed by atoms with Gasteiger partial charge in [-0.2, -0.15) is 0 Å². The van der Waals surface area contributed by atoms with Gasteiger partial charge >= 0.3 is 0 Å². The smallest absolute Gasteiger partial charge is 0.257 e. The second kappa shape index (κ2) is 7.07. The van der Waals surface area contributed by atoms with Crippen LogP contribution in [0.4, 0.5) is 10.2 Å². The van der Waals surface area contributed by atoms with Crippen LogP contribution in [0.1, 0.15) is 44.5 Å². The Kier molecular flexibility index (Phi) is 5.73. The first-order valence-corrected chi connectivity index (χ1v) is 6.72. The monoisotopic (exact) mass is 267 g/mol. The molecule has 0 bridgehead atoms. The third kappa shape index (κ3) is 3.66. The van der Waals surface area contributed by atoms with E-state index in [1.165, 1.54) is 12.3 Å². The van der Waals surface area contributed by atoms with Crippen LogP contribution in [0.15, 0.2) is 12.3 Å². The van der Waals surface area contributed by atoms with E-state index in [2.05, 4.69) is 10.3 Å². The minimum atomic E-state index is -0.573. The molecule has 1 rings (SSSR count). The Hall–Kier alpha value is -1.65. The van der Waals surface area contributed by atoms with Crippen molar-refractivity contribution in [2.24, 2.45) is 0 Å². The molecule has 0 atom stereocenters. The summed E-state index contributed by atoms with van der Waals surface area (Å²) in [6, 6.07) is 1.48. The molecule has 0 aliphatic rings. The molecule has 0 saturated heterocycles. The number of amides is 1. The zero-order chi connectivity index (χ0) is 14.4. The van der Waals surface area contributed by atoms with Gasteiger partial charge in [-0.25, -0.2) is 9.37 Å². The van der Waals surface area contributed by atoms with E-state index < -0.39 is 5.82 Å². The van der Waals surface area contributed by atoms with Gasteiger partial charge in [0.2, 0.25) is 0 Å². The Labute approximate surface area is 114 Å². The topological polar surface area (TPSA) is 45.2 Å². The maximum absolute atomic E-state index is 14.2. The van der Waals surface area contributed by atoms with Crippen molar-refractivity contribution in [3.05, 3.63) is 23.6 Å². The molecule has 5 heteroatoms. The van der Waals surface area contributed by atoms with Gasteiger partial charge in [0.05, 0.1) is 5.56 Å². The molecule has 106 valence electrons. The fraction of sp³-hybridized carbons (Fsp3) is 0.571. The van der Waals surface area contributed by atoms with Gasteiger partial charge in [0.15, 0.2) is 11.6 Å². The first-order valence-electron chi connectivity index (χ1n) is 6.72. The Balaban J connectivity index is 3.07. The van der Waals surface area contributed by atoms with Crippen LogP contribution in [0.3, 0.4) is 0 Å². The van der Waals surface area contributed by atoms with Gasteiger partial charge in [-0.15, -0.1) is 0 Å². The molecule has 0 fully saturated rings. The predicted octanol–water partition coefficient (Wildman–Crippen LogP) is 2.91. The van der Waals surface area contributed by atoms with E-state index in [0.717, 1.165) is 6.42 Å². The quantitative estimate of drug-likeness (QED) is 0.862. The van der Waals surface area contributed by atoms with Gasteiger partial charge in [-0.1, -0.05) is 6.92 Å². The van der Waals surface area contributed by atoms with Crippen LogP contribution >= 0.6 is 0 Å². The van der Waals surface area contributed by atoms with Crippen molar-refractivity contribution in [3.63, 3.8) is 0 Å². The molecule has 1 aromatic heterocycles. The molecule has 1 heterocycles. The van der Waals surface area contributed by atoms with Gasteiger partial charge in [-0.3, -0.25) is 4.79 Å². The van der Waals surface area contributed by atoms with Crippen LogP contribution in [-0.4, -0.2) is 34.9 Å². The molecule has 0 aliphatic carbocycles. The molecular formula is C14H22FN3O. The fourth-order valence-electron chi connectivity index (χ4n) is 1.89. The maximum Gasteiger partial charge on any atom is 0.257 e. The first-order chi connectivity index (χ1) is 9.02. The molecular weight excluding hydrogens is 245 g/mol. The number of pyridine rings is 1. The van der Waals surface area contributed by atoms with E-state index >= 15 is 0 Å². The molecule has 0 spiro atoms. The van der Waals surface area contributed by atoms with E-state index in [4.69, 9.17) is 0 Å². The van der Waals surface area contributed by atoms with Crippen LogP contribution < -0.4 is 5.32 Å². The Morgan fingerprint density at radius 2 is 2.16 bits per heavy atom. The van der Waals surface area contributed by atoms with E-state index in [1.54, 1.807) is 4.90 Å². The predicted molar refractivity (Wildman–Crippen MR) is 74.8 cm³/mol. The highest BCUT2D eigenvalue weighted by Gasteiger charge is 2.22. The van der Waals surface area contributed by atoms with Crippen LogP contribution in [0.2, 0.25) is 0 Å². The van der Waals surface area contributed by atoms with Crippen molar-refractivity contribution in [3.8, 4) is 0 Å². The van der Waals surface area contributed by atoms with Crippen LogP contribution in [0.25, 0.3) is 0 Å². The van der Waals surface area contributed by atoms with E-state index in [1.807, 2.05) is 27.7 Å². The summed E-state index contributed by atoms with van der Waals surface area (Å²) in [4.78, 5) is 18.0. The highest BCUT2D eigenvalue weighted by molar-refractivity contribution is 5.95. The molecule has 0 aromatic carbocycles. The van der Waals surface area contributed by atoms with Crippen LogP contribution in [0.5, 0.6) is 0 Å². The zero-order valence-electron chi connectivity index (χ0n) is 12.0. The lowest BCUT2D eigenvalue weighted by Gasteiger charge is -2.26. The Bertz CT molecular complexity index is 435. The van der Waals surface area contributed by atoms with E-state index in [0.29, 0.717) is 13.1 Å². The number of rotatable bonds is 6. The highest BCUT2D eigenvalue weighted by atomic mass is 19.1. The number of nitrogens with zero attached hydrogens (tertiary/aromatic N) is 2. The lowest BCUT2D eigenvalue weighted by molar-refractivity contribution is 0.0701. The lowest BCUT2D eigenvalue weighted by Crippen LogP contribution is -2.38. The maximum atomic E-state index is 14.2. The normalized spacial score (nSPS) is 10.6. The molecule has 0 saturated carbocycles. The Morgan fingerprint density at radius 3 is 2.68 bits per heavy atom. The van der Waals surface area contributed by atoms with Gasteiger partial charge in [0.1, 0.15) is 0 Å². The molecule has 1 N–H and O–H groups in total. The van der Waals surface area contributed by atoms with E-state index in [-0.39, 0.29) is 23.3 Å². The lowest BCUT2D eigenvalue weighted by atomic mass is 10.1. The molecule has 0 unspecified atom stereocenters. The standard InChI is InChI=1S/C14H22FN3O/c1-5-9-18(10(3)4)14(19)11-7-8-17-13(12(11)15)16-6-2/h7-8,10H,5-6,9H2,1-4H3,(H,16,17).